The zero-order valence-electron chi connectivity index (χ0n) is 8.38. The number of carbonyl (C=O) groups is 1. The first kappa shape index (κ1) is 10.7. The Hall–Kier alpha value is -1.82. The molecule has 0 radical (unpaired) electrons. The van der Waals surface area contributed by atoms with E-state index in [0.29, 0.717) is 11.4 Å². The van der Waals surface area contributed by atoms with Crippen molar-refractivity contribution in [2.45, 2.75) is 5.16 Å². The molecule has 82 valence electrons. The van der Waals surface area contributed by atoms with Gasteiger partial charge in [-0.05, 0) is 12.1 Å². The Labute approximate surface area is 96.7 Å². The Balaban J connectivity index is 1.81. The average molecular weight is 234 g/mol. The van der Waals surface area contributed by atoms with Crippen LogP contribution in [-0.2, 0) is 4.79 Å². The van der Waals surface area contributed by atoms with Crippen molar-refractivity contribution in [1.29, 1.82) is 0 Å². The smallest absolute Gasteiger partial charge is 0.234 e. The number of hydrogen-bond acceptors (Lipinski definition) is 4. The Morgan fingerprint density at radius 1 is 1.50 bits per heavy atom. The Morgan fingerprint density at radius 3 is 3.12 bits per heavy atom. The van der Waals surface area contributed by atoms with Crippen molar-refractivity contribution in [3.63, 3.8) is 0 Å². The van der Waals surface area contributed by atoms with Crippen LogP contribution < -0.4 is 5.32 Å². The predicted octanol–water partition coefficient (Wildman–Crippen LogP) is 1.54. The van der Waals surface area contributed by atoms with Gasteiger partial charge in [-0.25, -0.2) is 4.98 Å². The van der Waals surface area contributed by atoms with Crippen LogP contribution >= 0.6 is 11.8 Å². The lowest BCUT2D eigenvalue weighted by atomic mass is 10.4. The molecule has 2 rings (SSSR count). The van der Waals surface area contributed by atoms with Crippen LogP contribution in [0.5, 0.6) is 0 Å². The highest BCUT2D eigenvalue weighted by atomic mass is 32.2. The summed E-state index contributed by atoms with van der Waals surface area (Å²) in [6.45, 7) is 0. The van der Waals surface area contributed by atoms with Crippen molar-refractivity contribution in [2.75, 3.05) is 11.1 Å². The molecule has 0 bridgehead atoms. The molecule has 0 fully saturated rings. The van der Waals surface area contributed by atoms with Crippen LogP contribution in [0.3, 0.4) is 0 Å². The second-order valence-electron chi connectivity index (χ2n) is 2.97. The number of nitrogens with zero attached hydrogens (tertiary/aromatic N) is 2. The number of nitrogens with one attached hydrogen (secondary N) is 2. The number of hydrogen-bond donors (Lipinski definition) is 2. The molecular weight excluding hydrogens is 224 g/mol. The van der Waals surface area contributed by atoms with Crippen molar-refractivity contribution in [1.82, 2.24) is 15.0 Å². The van der Waals surface area contributed by atoms with Gasteiger partial charge < -0.3 is 10.3 Å². The fraction of sp³-hybridized carbons (Fsp3) is 0.100. The second-order valence-corrected chi connectivity index (χ2v) is 3.94. The van der Waals surface area contributed by atoms with Crippen LogP contribution in [0.4, 0.5) is 5.69 Å². The Morgan fingerprint density at radius 2 is 2.44 bits per heavy atom. The minimum Gasteiger partial charge on any atom is -0.340 e. The average Bonchev–Trinajstić information content (AvgIpc) is 2.81. The van der Waals surface area contributed by atoms with Gasteiger partial charge in [0.05, 0.1) is 17.6 Å². The highest BCUT2D eigenvalue weighted by Crippen LogP contribution is 2.12. The van der Waals surface area contributed by atoms with E-state index in [1.807, 2.05) is 0 Å². The van der Waals surface area contributed by atoms with Crippen LogP contribution in [0.1, 0.15) is 0 Å². The van der Waals surface area contributed by atoms with Gasteiger partial charge in [0.2, 0.25) is 5.91 Å². The number of imidazole rings is 1. The van der Waals surface area contributed by atoms with Crippen LogP contribution in [0.15, 0.2) is 42.1 Å². The van der Waals surface area contributed by atoms with Crippen LogP contribution in [0.2, 0.25) is 0 Å². The number of aromatic nitrogens is 3. The SMILES string of the molecule is O=C(CSc1ncc[nH]1)Nc1cccnc1. The molecule has 2 N–H and O–H groups in total. The van der Waals surface area contributed by atoms with Crippen molar-refractivity contribution in [3.05, 3.63) is 36.9 Å². The van der Waals surface area contributed by atoms with E-state index in [1.54, 1.807) is 36.9 Å². The lowest BCUT2D eigenvalue weighted by Crippen LogP contribution is -2.14. The first-order chi connectivity index (χ1) is 7.84. The number of rotatable bonds is 4. The fourth-order valence-electron chi connectivity index (χ4n) is 1.10. The molecule has 0 atom stereocenters. The number of anilines is 1. The van der Waals surface area contributed by atoms with Gasteiger partial charge in [0.15, 0.2) is 5.16 Å². The molecule has 1 amide bonds. The largest absolute Gasteiger partial charge is 0.340 e. The lowest BCUT2D eigenvalue weighted by molar-refractivity contribution is -0.113. The topological polar surface area (TPSA) is 70.7 Å². The highest BCUT2D eigenvalue weighted by Gasteiger charge is 2.04. The van der Waals surface area contributed by atoms with Gasteiger partial charge in [-0.3, -0.25) is 9.78 Å². The van der Waals surface area contributed by atoms with Gasteiger partial charge in [0.1, 0.15) is 0 Å². The van der Waals surface area contributed by atoms with Crippen LogP contribution in [0, 0.1) is 0 Å². The van der Waals surface area contributed by atoms with E-state index in [0.717, 1.165) is 5.16 Å². The molecule has 0 spiro atoms. The molecule has 0 unspecified atom stereocenters. The molecule has 2 heterocycles. The zero-order chi connectivity index (χ0) is 11.2. The van der Waals surface area contributed by atoms with Crippen molar-refractivity contribution in [2.24, 2.45) is 0 Å². The molecule has 0 aliphatic heterocycles. The van der Waals surface area contributed by atoms with Gasteiger partial charge in [-0.1, -0.05) is 11.8 Å². The summed E-state index contributed by atoms with van der Waals surface area (Å²) in [6.07, 6.45) is 6.64. The predicted molar refractivity (Wildman–Crippen MR) is 62.2 cm³/mol. The van der Waals surface area contributed by atoms with E-state index in [9.17, 15) is 4.79 Å². The highest BCUT2D eigenvalue weighted by molar-refractivity contribution is 7.99. The summed E-state index contributed by atoms with van der Waals surface area (Å²) in [6, 6.07) is 3.57. The number of carbonyl (C=O) groups excluding carboxylic acids is 1. The molecule has 5 nitrogen and oxygen atoms in total. The first-order valence-electron chi connectivity index (χ1n) is 4.66. The lowest BCUT2D eigenvalue weighted by Gasteiger charge is -2.02. The number of amides is 1. The summed E-state index contributed by atoms with van der Waals surface area (Å²) in [5, 5.41) is 3.48. The molecular formula is C10H10N4OS. The second kappa shape index (κ2) is 5.32. The van der Waals surface area contributed by atoms with Gasteiger partial charge in [-0.2, -0.15) is 0 Å². The molecule has 0 aliphatic carbocycles. The van der Waals surface area contributed by atoms with Crippen LogP contribution in [0.25, 0.3) is 0 Å². The van der Waals surface area contributed by atoms with E-state index in [4.69, 9.17) is 0 Å². The molecule has 0 saturated carbocycles. The minimum atomic E-state index is -0.0746. The molecule has 0 saturated heterocycles. The monoisotopic (exact) mass is 234 g/mol. The van der Waals surface area contributed by atoms with Crippen molar-refractivity contribution < 1.29 is 4.79 Å². The third-order valence-electron chi connectivity index (χ3n) is 1.76. The Bertz CT molecular complexity index is 443. The molecule has 2 aromatic heterocycles. The standard InChI is InChI=1S/C10H10N4OS/c15-9(7-16-10-12-4-5-13-10)14-8-2-1-3-11-6-8/h1-6H,7H2,(H,12,13)(H,14,15). The maximum atomic E-state index is 11.5. The number of thioether (sulfide) groups is 1. The summed E-state index contributed by atoms with van der Waals surface area (Å²) >= 11 is 1.36. The van der Waals surface area contributed by atoms with E-state index < -0.39 is 0 Å². The molecule has 0 aliphatic rings. The minimum absolute atomic E-state index is 0.0746. The van der Waals surface area contributed by atoms with Crippen LogP contribution in [-0.4, -0.2) is 26.6 Å². The first-order valence-corrected chi connectivity index (χ1v) is 5.65. The van der Waals surface area contributed by atoms with Gasteiger partial charge in [0.25, 0.3) is 0 Å². The zero-order valence-corrected chi connectivity index (χ0v) is 9.20. The van der Waals surface area contributed by atoms with Gasteiger partial charge in [-0.15, -0.1) is 0 Å². The molecule has 0 aromatic carbocycles. The van der Waals surface area contributed by atoms with Crippen molar-refractivity contribution in [3.8, 4) is 0 Å². The molecule has 16 heavy (non-hydrogen) atoms. The van der Waals surface area contributed by atoms with E-state index in [1.165, 1.54) is 11.8 Å². The summed E-state index contributed by atoms with van der Waals surface area (Å²) < 4.78 is 0. The van der Waals surface area contributed by atoms with Gasteiger partial charge in [0, 0.05) is 18.6 Å². The molecule has 2 aromatic rings. The third kappa shape index (κ3) is 3.09. The fourth-order valence-corrected chi connectivity index (χ4v) is 1.72. The summed E-state index contributed by atoms with van der Waals surface area (Å²) in [5.74, 6) is 0.247. The maximum Gasteiger partial charge on any atom is 0.234 e. The van der Waals surface area contributed by atoms with E-state index in [2.05, 4.69) is 20.3 Å². The number of H-pyrrole nitrogens is 1. The van der Waals surface area contributed by atoms with Crippen molar-refractivity contribution >= 4 is 23.4 Å². The van der Waals surface area contributed by atoms with E-state index in [-0.39, 0.29) is 5.91 Å². The summed E-state index contributed by atoms with van der Waals surface area (Å²) in [4.78, 5) is 22.3. The number of pyridine rings is 1. The maximum absolute atomic E-state index is 11.5. The summed E-state index contributed by atoms with van der Waals surface area (Å²) in [7, 11) is 0. The normalized spacial score (nSPS) is 10.0. The number of aromatic amines is 1. The van der Waals surface area contributed by atoms with Gasteiger partial charge >= 0.3 is 0 Å². The van der Waals surface area contributed by atoms with E-state index >= 15 is 0 Å². The Kier molecular flexibility index (Phi) is 3.55. The quantitative estimate of drug-likeness (QED) is 0.787. The molecule has 6 heteroatoms. The summed E-state index contributed by atoms with van der Waals surface area (Å²) in [5.41, 5.74) is 0.701. The third-order valence-corrected chi connectivity index (χ3v) is 2.66.